The number of rotatable bonds is 0. The molecule has 0 bridgehead atoms. The summed E-state index contributed by atoms with van der Waals surface area (Å²) in [5, 5.41) is 17.1. The van der Waals surface area contributed by atoms with Gasteiger partial charge in [0, 0.05) is 27.0 Å². The number of hydrogen-bond acceptors (Lipinski definition) is 3. The van der Waals surface area contributed by atoms with Crippen LogP contribution in [0.3, 0.4) is 0 Å². The second kappa shape index (κ2) is 8.94. The molecule has 8 aromatic rings. The van der Waals surface area contributed by atoms with Crippen LogP contribution in [0.1, 0.15) is 125 Å². The molecule has 270 valence electrons. The zero-order valence-corrected chi connectivity index (χ0v) is 32.9. The van der Waals surface area contributed by atoms with Gasteiger partial charge in [0.1, 0.15) is 11.2 Å². The van der Waals surface area contributed by atoms with Crippen LogP contribution < -0.4 is 5.43 Å². The van der Waals surface area contributed by atoms with Crippen LogP contribution in [0.5, 0.6) is 0 Å². The van der Waals surface area contributed by atoms with Crippen LogP contribution in [0.15, 0.2) is 69.9 Å². The van der Waals surface area contributed by atoms with Gasteiger partial charge in [-0.05, 0) is 134 Å². The average molecular weight is 717 g/mol. The molecule has 5 aliphatic rings. The second-order valence-corrected chi connectivity index (χ2v) is 20.7. The molecular weight excluding hydrogens is 673 g/mol. The number of benzene rings is 5. The van der Waals surface area contributed by atoms with Crippen LogP contribution in [0.4, 0.5) is 0 Å². The van der Waals surface area contributed by atoms with Gasteiger partial charge in [-0.3, -0.25) is 4.79 Å². The summed E-state index contributed by atoms with van der Waals surface area (Å²) in [7, 11) is 0. The van der Waals surface area contributed by atoms with Crippen molar-refractivity contribution >= 4 is 60.0 Å². The van der Waals surface area contributed by atoms with Gasteiger partial charge in [0.15, 0.2) is 0 Å². The van der Waals surface area contributed by atoms with Gasteiger partial charge in [0.2, 0.25) is 5.43 Å². The van der Waals surface area contributed by atoms with Crippen LogP contribution in [0, 0.1) is 28.6 Å². The zero-order chi connectivity index (χ0) is 37.6. The molecule has 1 spiro atoms. The van der Waals surface area contributed by atoms with Gasteiger partial charge in [0.05, 0.1) is 39.0 Å². The maximum absolute atomic E-state index is 14.2. The molecule has 0 aliphatic heterocycles. The van der Waals surface area contributed by atoms with Crippen LogP contribution in [0.25, 0.3) is 71.2 Å². The Morgan fingerprint density at radius 1 is 0.745 bits per heavy atom. The minimum atomic E-state index is -0.316. The summed E-state index contributed by atoms with van der Waals surface area (Å²) in [5.41, 5.74) is 16.1. The highest BCUT2D eigenvalue weighted by atomic mass is 16.3. The van der Waals surface area contributed by atoms with Crippen molar-refractivity contribution in [1.29, 1.82) is 5.26 Å². The Bertz CT molecular complexity index is 3290. The normalized spacial score (nSPS) is 25.5. The lowest BCUT2D eigenvalue weighted by atomic mass is 9.28. The van der Waals surface area contributed by atoms with Crippen LogP contribution in [-0.2, 0) is 16.2 Å². The lowest BCUT2D eigenvalue weighted by Crippen LogP contribution is -2.68. The topological polar surface area (TPSA) is 58.4 Å². The zero-order valence-electron chi connectivity index (χ0n) is 32.9. The van der Waals surface area contributed by atoms with Gasteiger partial charge in [-0.2, -0.15) is 5.26 Å². The lowest BCUT2D eigenvalue weighted by Gasteiger charge is -2.76. The molecule has 0 radical (unpaired) electrons. The minimum Gasteiger partial charge on any atom is -0.456 e. The monoisotopic (exact) mass is 716 g/mol. The van der Waals surface area contributed by atoms with Gasteiger partial charge in [0.25, 0.3) is 0 Å². The molecule has 5 aromatic carbocycles. The fraction of sp³-hybridized carbons (Fsp3) is 0.373. The molecule has 5 atom stereocenters. The predicted octanol–water partition coefficient (Wildman–Crippen LogP) is 12.5. The number of hydrogen-bond donors (Lipinski definition) is 0. The standard InChI is InChI=1S/C51H44N2O2/c1-48(2,3)35-21-36(49(4,5)6)43-44-38(53-37-19-31-40(20-30(37)41(35)46(43)53)55-39-12-10-9-11-26(39)47(31)54)13-23(22-52)45-42(44)29-17-27-28(18-32(29)50(45,7)8)34-16-25-14-24-15-33(27)51(24,25)34/h9-13,17-21,24-25,33-34H,14-16H2,1-8H3. The van der Waals surface area contributed by atoms with E-state index in [0.717, 1.165) is 39.7 Å². The molecule has 3 heterocycles. The van der Waals surface area contributed by atoms with Crippen LogP contribution in [0.2, 0.25) is 0 Å². The van der Waals surface area contributed by atoms with Crippen molar-refractivity contribution in [3.63, 3.8) is 0 Å². The molecule has 13 rings (SSSR count). The van der Waals surface area contributed by atoms with Crippen molar-refractivity contribution in [2.45, 2.75) is 103 Å². The molecule has 4 heteroatoms. The van der Waals surface area contributed by atoms with E-state index in [4.69, 9.17) is 4.42 Å². The summed E-state index contributed by atoms with van der Waals surface area (Å²) < 4.78 is 8.93. The van der Waals surface area contributed by atoms with E-state index in [1.165, 1.54) is 74.3 Å². The van der Waals surface area contributed by atoms with Crippen molar-refractivity contribution < 1.29 is 4.42 Å². The number of fused-ring (bicyclic) bond motifs is 15. The third-order valence-corrected chi connectivity index (χ3v) is 16.0. The highest BCUT2D eigenvalue weighted by Gasteiger charge is 2.78. The number of para-hydroxylation sites is 1. The van der Waals surface area contributed by atoms with Gasteiger partial charge in [-0.15, -0.1) is 0 Å². The maximum atomic E-state index is 14.2. The molecule has 3 aromatic heterocycles. The summed E-state index contributed by atoms with van der Waals surface area (Å²) in [4.78, 5) is 14.2. The lowest BCUT2D eigenvalue weighted by molar-refractivity contribution is -0.240. The van der Waals surface area contributed by atoms with Gasteiger partial charge < -0.3 is 8.82 Å². The third-order valence-electron chi connectivity index (χ3n) is 16.0. The Morgan fingerprint density at radius 3 is 2.13 bits per heavy atom. The first-order valence-corrected chi connectivity index (χ1v) is 20.5. The van der Waals surface area contributed by atoms with Crippen molar-refractivity contribution in [3.8, 4) is 17.2 Å². The minimum absolute atomic E-state index is 0.0155. The molecule has 0 amide bonds. The van der Waals surface area contributed by atoms with Crippen molar-refractivity contribution in [3.05, 3.63) is 110 Å². The molecule has 5 aliphatic carbocycles. The molecule has 4 nitrogen and oxygen atoms in total. The van der Waals surface area contributed by atoms with Gasteiger partial charge in [-0.1, -0.05) is 85.7 Å². The smallest absolute Gasteiger partial charge is 0.200 e. The van der Waals surface area contributed by atoms with E-state index in [-0.39, 0.29) is 21.7 Å². The van der Waals surface area contributed by atoms with E-state index in [2.05, 4.69) is 102 Å². The van der Waals surface area contributed by atoms with Gasteiger partial charge >= 0.3 is 0 Å². The summed E-state index contributed by atoms with van der Waals surface area (Å²) in [6.45, 7) is 18.7. The summed E-state index contributed by atoms with van der Waals surface area (Å²) in [5.74, 6) is 3.28. The molecule has 55 heavy (non-hydrogen) atoms. The average Bonchev–Trinajstić information content (AvgIpc) is 3.78. The fourth-order valence-electron chi connectivity index (χ4n) is 13.7. The first-order chi connectivity index (χ1) is 26.2. The predicted molar refractivity (Wildman–Crippen MR) is 223 cm³/mol. The Balaban J connectivity index is 1.25. The highest BCUT2D eigenvalue weighted by molar-refractivity contribution is 6.30. The van der Waals surface area contributed by atoms with E-state index < -0.39 is 0 Å². The van der Waals surface area contributed by atoms with Gasteiger partial charge in [-0.25, -0.2) is 0 Å². The van der Waals surface area contributed by atoms with E-state index >= 15 is 0 Å². The maximum Gasteiger partial charge on any atom is 0.200 e. The first kappa shape index (κ1) is 31.1. The summed E-state index contributed by atoms with van der Waals surface area (Å²) >= 11 is 0. The van der Waals surface area contributed by atoms with Crippen molar-refractivity contribution in [1.82, 2.24) is 4.40 Å². The largest absolute Gasteiger partial charge is 0.456 e. The quantitative estimate of drug-likeness (QED) is 0.147. The number of nitrogens with zero attached hydrogens (tertiary/aromatic N) is 2. The molecule has 0 saturated heterocycles. The third kappa shape index (κ3) is 3.17. The number of aromatic nitrogens is 1. The van der Waals surface area contributed by atoms with E-state index in [9.17, 15) is 10.1 Å². The Morgan fingerprint density at radius 2 is 1.44 bits per heavy atom. The Hall–Kier alpha value is -5.14. The highest BCUT2D eigenvalue weighted by Crippen LogP contribution is 2.88. The fourth-order valence-corrected chi connectivity index (χ4v) is 13.7. The molecule has 3 saturated carbocycles. The number of nitriles is 1. The second-order valence-electron chi connectivity index (χ2n) is 20.7. The van der Waals surface area contributed by atoms with Crippen LogP contribution >= 0.6 is 0 Å². The van der Waals surface area contributed by atoms with E-state index in [1.54, 1.807) is 11.1 Å². The van der Waals surface area contributed by atoms with Crippen molar-refractivity contribution in [2.24, 2.45) is 17.3 Å². The summed E-state index contributed by atoms with van der Waals surface area (Å²) in [6, 6.07) is 24.4. The molecule has 5 unspecified atom stereocenters. The first-order valence-electron chi connectivity index (χ1n) is 20.5. The molecule has 0 N–H and O–H groups in total. The van der Waals surface area contributed by atoms with Crippen molar-refractivity contribution in [2.75, 3.05) is 0 Å². The SMILES string of the molecule is CC(C)(C)c1cc(C(C)(C)C)c2c3c4c(c(C#N)cc3n3c5cc6c(=O)c7ccccc7oc6cc5c1c23)C(C)(C)c1cc2c(cc1-4)C1CC3CC4CC2C341. The summed E-state index contributed by atoms with van der Waals surface area (Å²) in [6.07, 6.45) is 4.16. The Kier molecular flexibility index (Phi) is 5.06. The Labute approximate surface area is 320 Å². The van der Waals surface area contributed by atoms with Crippen LogP contribution in [-0.4, -0.2) is 4.40 Å². The molecular formula is C51H44N2O2. The van der Waals surface area contributed by atoms with E-state index in [1.807, 2.05) is 24.3 Å². The molecule has 3 fully saturated rings. The van der Waals surface area contributed by atoms with E-state index in [0.29, 0.717) is 33.3 Å².